The number of imide groups is 1. The Labute approximate surface area is 128 Å². The highest BCUT2D eigenvalue weighted by Crippen LogP contribution is 2.25. The number of fused-ring (bicyclic) bond motifs is 1. The summed E-state index contributed by atoms with van der Waals surface area (Å²) in [5, 5.41) is 0.587. The summed E-state index contributed by atoms with van der Waals surface area (Å²) in [7, 11) is 0. The van der Waals surface area contributed by atoms with E-state index in [-0.39, 0.29) is 17.2 Å². The Balaban J connectivity index is 1.76. The summed E-state index contributed by atoms with van der Waals surface area (Å²) in [6.45, 7) is 4.83. The van der Waals surface area contributed by atoms with Crippen molar-refractivity contribution in [2.45, 2.75) is 38.8 Å². The van der Waals surface area contributed by atoms with Crippen LogP contribution in [0.3, 0.4) is 0 Å². The van der Waals surface area contributed by atoms with E-state index in [0.29, 0.717) is 11.5 Å². The van der Waals surface area contributed by atoms with E-state index in [1.54, 1.807) is 24.3 Å². The number of nitrogens with zero attached hydrogens (tertiary/aromatic N) is 2. The summed E-state index contributed by atoms with van der Waals surface area (Å²) >= 11 is 0. The van der Waals surface area contributed by atoms with E-state index in [9.17, 15) is 14.4 Å². The first-order valence-electron chi connectivity index (χ1n) is 7.46. The van der Waals surface area contributed by atoms with Crippen LogP contribution in [-0.2, 0) is 9.63 Å². The van der Waals surface area contributed by atoms with Crippen molar-refractivity contribution >= 4 is 17.8 Å². The summed E-state index contributed by atoms with van der Waals surface area (Å²) in [4.78, 5) is 43.9. The van der Waals surface area contributed by atoms with Crippen molar-refractivity contribution in [2.75, 3.05) is 6.54 Å². The fourth-order valence-electron chi connectivity index (χ4n) is 3.06. The SMILES string of the molecule is CC(C)N1CCCC1C(=O)ON1C(=O)c2ccccc2C1=O. The van der Waals surface area contributed by atoms with Crippen molar-refractivity contribution < 1.29 is 19.2 Å². The fraction of sp³-hybridized carbons (Fsp3) is 0.438. The lowest BCUT2D eigenvalue weighted by Crippen LogP contribution is -2.44. The monoisotopic (exact) mass is 302 g/mol. The molecule has 2 heterocycles. The Morgan fingerprint density at radius 2 is 1.77 bits per heavy atom. The minimum Gasteiger partial charge on any atom is -0.328 e. The largest absolute Gasteiger partial charge is 0.350 e. The molecular formula is C16H18N2O4. The molecule has 0 spiro atoms. The Bertz CT molecular complexity index is 606. The van der Waals surface area contributed by atoms with Gasteiger partial charge in [0.15, 0.2) is 0 Å². The average molecular weight is 302 g/mol. The molecule has 6 heteroatoms. The lowest BCUT2D eigenvalue weighted by Gasteiger charge is -2.27. The van der Waals surface area contributed by atoms with Crippen LogP contribution in [0.1, 0.15) is 47.4 Å². The van der Waals surface area contributed by atoms with Crippen LogP contribution in [0.2, 0.25) is 0 Å². The number of amides is 2. The van der Waals surface area contributed by atoms with Crippen LogP contribution in [0, 0.1) is 0 Å². The summed E-state index contributed by atoms with van der Waals surface area (Å²) in [5.41, 5.74) is 0.542. The van der Waals surface area contributed by atoms with Gasteiger partial charge in [-0.1, -0.05) is 17.2 Å². The highest BCUT2D eigenvalue weighted by Gasteiger charge is 2.41. The molecule has 0 aliphatic carbocycles. The van der Waals surface area contributed by atoms with Crippen molar-refractivity contribution in [1.29, 1.82) is 0 Å². The quantitative estimate of drug-likeness (QED) is 0.794. The molecule has 0 aromatic heterocycles. The Hall–Kier alpha value is -2.21. The van der Waals surface area contributed by atoms with Crippen molar-refractivity contribution in [3.05, 3.63) is 35.4 Å². The number of rotatable bonds is 3. The summed E-state index contributed by atoms with van der Waals surface area (Å²) in [5.74, 6) is -1.70. The first-order chi connectivity index (χ1) is 10.5. The van der Waals surface area contributed by atoms with Crippen molar-refractivity contribution in [3.8, 4) is 0 Å². The van der Waals surface area contributed by atoms with E-state index in [1.165, 1.54) is 0 Å². The molecule has 22 heavy (non-hydrogen) atoms. The number of carbonyl (C=O) groups excluding carboxylic acids is 3. The average Bonchev–Trinajstić information content (AvgIpc) is 3.08. The highest BCUT2D eigenvalue weighted by atomic mass is 16.7. The molecule has 1 aromatic rings. The van der Waals surface area contributed by atoms with Crippen LogP contribution in [0.4, 0.5) is 0 Å². The van der Waals surface area contributed by atoms with E-state index >= 15 is 0 Å². The first kappa shape index (κ1) is 14.7. The molecule has 2 aliphatic rings. The Morgan fingerprint density at radius 3 is 2.32 bits per heavy atom. The summed E-state index contributed by atoms with van der Waals surface area (Å²) < 4.78 is 0. The Kier molecular flexibility index (Phi) is 3.70. The van der Waals surface area contributed by atoms with Gasteiger partial charge in [-0.2, -0.15) is 0 Å². The molecule has 0 N–H and O–H groups in total. The topological polar surface area (TPSA) is 66.9 Å². The van der Waals surface area contributed by atoms with Gasteiger partial charge in [0.25, 0.3) is 11.8 Å². The van der Waals surface area contributed by atoms with E-state index in [1.807, 2.05) is 18.7 Å². The van der Waals surface area contributed by atoms with Gasteiger partial charge in [0.2, 0.25) is 0 Å². The van der Waals surface area contributed by atoms with Gasteiger partial charge in [0, 0.05) is 6.04 Å². The van der Waals surface area contributed by atoms with Gasteiger partial charge in [-0.15, -0.1) is 0 Å². The van der Waals surface area contributed by atoms with Crippen LogP contribution in [0.15, 0.2) is 24.3 Å². The maximum Gasteiger partial charge on any atom is 0.350 e. The van der Waals surface area contributed by atoms with Gasteiger partial charge >= 0.3 is 5.97 Å². The summed E-state index contributed by atoms with van der Waals surface area (Å²) in [6, 6.07) is 6.27. The van der Waals surface area contributed by atoms with Crippen molar-refractivity contribution in [2.24, 2.45) is 0 Å². The number of hydroxylamine groups is 2. The molecule has 1 aromatic carbocycles. The Morgan fingerprint density at radius 1 is 1.18 bits per heavy atom. The van der Waals surface area contributed by atoms with Gasteiger partial charge in [-0.3, -0.25) is 14.5 Å². The van der Waals surface area contributed by atoms with Crippen LogP contribution in [0.25, 0.3) is 0 Å². The third kappa shape index (κ3) is 2.29. The van der Waals surface area contributed by atoms with E-state index < -0.39 is 23.8 Å². The fourth-order valence-corrected chi connectivity index (χ4v) is 3.06. The lowest BCUT2D eigenvalue weighted by molar-refractivity contribution is -0.174. The van der Waals surface area contributed by atoms with Gasteiger partial charge in [-0.25, -0.2) is 4.79 Å². The minimum atomic E-state index is -0.581. The normalized spacial score (nSPS) is 21.6. The van der Waals surface area contributed by atoms with Crippen LogP contribution in [0.5, 0.6) is 0 Å². The maximum atomic E-state index is 12.3. The molecule has 1 fully saturated rings. The van der Waals surface area contributed by atoms with Crippen molar-refractivity contribution in [3.63, 3.8) is 0 Å². The maximum absolute atomic E-state index is 12.3. The zero-order chi connectivity index (χ0) is 15.9. The van der Waals surface area contributed by atoms with Crippen LogP contribution in [-0.4, -0.2) is 46.4 Å². The van der Waals surface area contributed by atoms with E-state index in [4.69, 9.17) is 4.84 Å². The molecule has 2 amide bonds. The van der Waals surface area contributed by atoms with E-state index in [0.717, 1.165) is 13.0 Å². The van der Waals surface area contributed by atoms with Gasteiger partial charge in [0.1, 0.15) is 6.04 Å². The van der Waals surface area contributed by atoms with Gasteiger partial charge in [-0.05, 0) is 45.4 Å². The highest BCUT2D eigenvalue weighted by molar-refractivity contribution is 6.20. The van der Waals surface area contributed by atoms with Gasteiger partial charge in [0.05, 0.1) is 11.1 Å². The number of carbonyl (C=O) groups is 3. The van der Waals surface area contributed by atoms with Gasteiger partial charge < -0.3 is 4.84 Å². The molecule has 1 atom stereocenters. The molecule has 1 unspecified atom stereocenters. The predicted octanol–water partition coefficient (Wildman–Crippen LogP) is 1.61. The molecule has 3 rings (SSSR count). The first-order valence-corrected chi connectivity index (χ1v) is 7.46. The number of likely N-dealkylation sites (tertiary alicyclic amines) is 1. The molecular weight excluding hydrogens is 284 g/mol. The predicted molar refractivity (Wildman–Crippen MR) is 77.9 cm³/mol. The lowest BCUT2D eigenvalue weighted by atomic mass is 10.1. The minimum absolute atomic E-state index is 0.210. The van der Waals surface area contributed by atoms with E-state index in [2.05, 4.69) is 0 Å². The molecule has 0 saturated carbocycles. The number of hydrogen-bond acceptors (Lipinski definition) is 5. The second-order valence-corrected chi connectivity index (χ2v) is 5.85. The third-order valence-corrected chi connectivity index (χ3v) is 4.17. The second kappa shape index (κ2) is 5.53. The number of benzene rings is 1. The summed E-state index contributed by atoms with van der Waals surface area (Å²) in [6.07, 6.45) is 1.58. The zero-order valence-corrected chi connectivity index (χ0v) is 12.6. The smallest absolute Gasteiger partial charge is 0.328 e. The molecule has 0 radical (unpaired) electrons. The second-order valence-electron chi connectivity index (χ2n) is 5.85. The zero-order valence-electron chi connectivity index (χ0n) is 12.6. The molecule has 2 aliphatic heterocycles. The number of hydrogen-bond donors (Lipinski definition) is 0. The van der Waals surface area contributed by atoms with Crippen molar-refractivity contribution in [1.82, 2.24) is 9.96 Å². The molecule has 0 bridgehead atoms. The standard InChI is InChI=1S/C16H18N2O4/c1-10(2)17-9-5-8-13(17)16(21)22-18-14(19)11-6-3-4-7-12(11)15(18)20/h3-4,6-7,10,13H,5,8-9H2,1-2H3. The molecule has 6 nitrogen and oxygen atoms in total. The molecule has 116 valence electrons. The third-order valence-electron chi connectivity index (χ3n) is 4.17. The molecule has 1 saturated heterocycles. The van der Waals surface area contributed by atoms with Crippen LogP contribution < -0.4 is 0 Å². The van der Waals surface area contributed by atoms with Crippen LogP contribution >= 0.6 is 0 Å².